The van der Waals surface area contributed by atoms with Crippen molar-refractivity contribution in [3.63, 3.8) is 0 Å². The number of amides is 1. The van der Waals surface area contributed by atoms with Gasteiger partial charge < -0.3 is 21.1 Å². The van der Waals surface area contributed by atoms with E-state index >= 15 is 0 Å². The Morgan fingerprint density at radius 3 is 2.95 bits per heavy atom. The summed E-state index contributed by atoms with van der Waals surface area (Å²) < 4.78 is 5.69. The normalized spacial score (nSPS) is 17.6. The topological polar surface area (TPSA) is 89.3 Å². The van der Waals surface area contributed by atoms with Crippen LogP contribution in [0.5, 0.6) is 5.75 Å². The molecule has 2 rings (SSSR count). The van der Waals surface area contributed by atoms with Crippen molar-refractivity contribution in [2.75, 3.05) is 12.4 Å². The van der Waals surface area contributed by atoms with Crippen molar-refractivity contribution in [1.82, 2.24) is 10.3 Å². The third-order valence-corrected chi connectivity index (χ3v) is 3.09. The lowest BCUT2D eigenvalue weighted by Crippen LogP contribution is -2.46. The van der Waals surface area contributed by atoms with Crippen molar-refractivity contribution in [1.29, 1.82) is 0 Å². The number of nitrogens with two attached hydrogens (primary N) is 1. The zero-order valence-corrected chi connectivity index (χ0v) is 11.2. The van der Waals surface area contributed by atoms with E-state index in [0.29, 0.717) is 11.6 Å². The minimum atomic E-state index is -0.252. The Morgan fingerprint density at radius 1 is 1.58 bits per heavy atom. The summed E-state index contributed by atoms with van der Waals surface area (Å²) in [6.45, 7) is 1.88. The molecule has 1 saturated carbocycles. The van der Waals surface area contributed by atoms with Crippen molar-refractivity contribution in [3.05, 3.63) is 18.3 Å². The summed E-state index contributed by atoms with van der Waals surface area (Å²) in [5.74, 6) is 1.34. The monoisotopic (exact) mass is 264 g/mol. The Labute approximate surface area is 112 Å². The second-order valence-electron chi connectivity index (χ2n) is 4.78. The molecular weight excluding hydrogens is 244 g/mol. The zero-order chi connectivity index (χ0) is 13.8. The molecule has 0 aliphatic heterocycles. The highest BCUT2D eigenvalue weighted by Gasteiger charge is 2.29. The number of hydrogen-bond donors (Lipinski definition) is 3. The van der Waals surface area contributed by atoms with Crippen LogP contribution < -0.4 is 21.1 Å². The molecule has 1 aliphatic rings. The number of hydrogen-bond acceptors (Lipinski definition) is 5. The number of likely N-dealkylation sites (N-methyl/N-ethyl adjacent to an activating group) is 1. The van der Waals surface area contributed by atoms with Crippen LogP contribution in [0.25, 0.3) is 0 Å². The molecule has 4 N–H and O–H groups in total. The van der Waals surface area contributed by atoms with Crippen molar-refractivity contribution < 1.29 is 9.53 Å². The maximum absolute atomic E-state index is 11.6. The van der Waals surface area contributed by atoms with Gasteiger partial charge in [-0.25, -0.2) is 4.98 Å². The predicted molar refractivity (Wildman–Crippen MR) is 72.7 cm³/mol. The number of pyridine rings is 1. The number of carbonyl (C=O) groups is 1. The van der Waals surface area contributed by atoms with Crippen molar-refractivity contribution in [2.45, 2.75) is 32.0 Å². The number of rotatable bonds is 6. The van der Waals surface area contributed by atoms with E-state index in [1.54, 1.807) is 25.4 Å². The number of carbonyl (C=O) groups excluding carboxylic acids is 1. The molecule has 6 nitrogen and oxygen atoms in total. The first-order valence-corrected chi connectivity index (χ1v) is 6.46. The molecule has 0 spiro atoms. The number of anilines is 1. The van der Waals surface area contributed by atoms with Gasteiger partial charge in [0.05, 0.1) is 6.17 Å². The van der Waals surface area contributed by atoms with E-state index in [2.05, 4.69) is 15.6 Å². The first-order chi connectivity index (χ1) is 9.10. The van der Waals surface area contributed by atoms with Crippen LogP contribution >= 0.6 is 0 Å². The van der Waals surface area contributed by atoms with Gasteiger partial charge in [-0.2, -0.15) is 0 Å². The molecule has 2 atom stereocenters. The first-order valence-electron chi connectivity index (χ1n) is 6.46. The molecule has 1 aliphatic carbocycles. The molecule has 1 fully saturated rings. The summed E-state index contributed by atoms with van der Waals surface area (Å²) >= 11 is 0. The van der Waals surface area contributed by atoms with E-state index in [9.17, 15) is 4.79 Å². The zero-order valence-electron chi connectivity index (χ0n) is 11.2. The summed E-state index contributed by atoms with van der Waals surface area (Å²) in [5, 5.41) is 5.71. The van der Waals surface area contributed by atoms with E-state index in [1.165, 1.54) is 0 Å². The van der Waals surface area contributed by atoms with Gasteiger partial charge in [-0.15, -0.1) is 0 Å². The summed E-state index contributed by atoms with van der Waals surface area (Å²) in [6, 6.07) is 3.45. The lowest BCUT2D eigenvalue weighted by molar-refractivity contribution is -0.117. The Balaban J connectivity index is 1.96. The SMILES string of the molecule is CN[C@@H](N)C(C)Oc1ccnc(NC(=O)C2CC2)c1. The summed E-state index contributed by atoms with van der Waals surface area (Å²) in [6.07, 6.45) is 3.11. The fourth-order valence-corrected chi connectivity index (χ4v) is 1.65. The Morgan fingerprint density at radius 2 is 2.32 bits per heavy atom. The van der Waals surface area contributed by atoms with Gasteiger partial charge in [0.1, 0.15) is 17.7 Å². The van der Waals surface area contributed by atoms with Gasteiger partial charge in [0.15, 0.2) is 0 Å². The van der Waals surface area contributed by atoms with Gasteiger partial charge in [0, 0.05) is 18.2 Å². The van der Waals surface area contributed by atoms with Crippen molar-refractivity contribution in [2.24, 2.45) is 11.7 Å². The molecule has 6 heteroatoms. The highest BCUT2D eigenvalue weighted by atomic mass is 16.5. The second-order valence-corrected chi connectivity index (χ2v) is 4.78. The Bertz CT molecular complexity index is 448. The molecule has 0 bridgehead atoms. The lowest BCUT2D eigenvalue weighted by Gasteiger charge is -2.20. The van der Waals surface area contributed by atoms with E-state index in [0.717, 1.165) is 12.8 Å². The van der Waals surface area contributed by atoms with Crippen LogP contribution in [0.3, 0.4) is 0 Å². The number of nitrogens with zero attached hydrogens (tertiary/aromatic N) is 1. The van der Waals surface area contributed by atoms with Crippen LogP contribution in [-0.2, 0) is 4.79 Å². The van der Waals surface area contributed by atoms with Crippen molar-refractivity contribution >= 4 is 11.7 Å². The maximum Gasteiger partial charge on any atom is 0.228 e. The summed E-state index contributed by atoms with van der Waals surface area (Å²) in [5.41, 5.74) is 5.81. The van der Waals surface area contributed by atoms with Crippen molar-refractivity contribution in [3.8, 4) is 5.75 Å². The smallest absolute Gasteiger partial charge is 0.228 e. The number of ether oxygens (including phenoxy) is 1. The summed E-state index contributed by atoms with van der Waals surface area (Å²) in [7, 11) is 1.78. The highest BCUT2D eigenvalue weighted by Crippen LogP contribution is 2.30. The average molecular weight is 264 g/mol. The van der Waals surface area contributed by atoms with Crippen LogP contribution in [0.4, 0.5) is 5.82 Å². The molecule has 1 amide bonds. The molecular formula is C13H20N4O2. The third kappa shape index (κ3) is 3.90. The van der Waals surface area contributed by atoms with Gasteiger partial charge in [-0.1, -0.05) is 0 Å². The van der Waals surface area contributed by atoms with Crippen LogP contribution in [0.1, 0.15) is 19.8 Å². The van der Waals surface area contributed by atoms with E-state index in [-0.39, 0.29) is 24.1 Å². The molecule has 0 radical (unpaired) electrons. The Hall–Kier alpha value is -1.66. The van der Waals surface area contributed by atoms with E-state index in [4.69, 9.17) is 10.5 Å². The number of nitrogens with one attached hydrogen (secondary N) is 2. The molecule has 0 saturated heterocycles. The van der Waals surface area contributed by atoms with Crippen LogP contribution in [-0.4, -0.2) is 30.2 Å². The van der Waals surface area contributed by atoms with Gasteiger partial charge in [0.25, 0.3) is 0 Å². The molecule has 19 heavy (non-hydrogen) atoms. The predicted octanol–water partition coefficient (Wildman–Crippen LogP) is 0.702. The minimum absolute atomic E-state index is 0.0321. The van der Waals surface area contributed by atoms with Crippen LogP contribution in [0, 0.1) is 5.92 Å². The highest BCUT2D eigenvalue weighted by molar-refractivity contribution is 5.93. The molecule has 1 unspecified atom stereocenters. The number of aromatic nitrogens is 1. The van der Waals surface area contributed by atoms with Gasteiger partial charge in [0.2, 0.25) is 5.91 Å². The third-order valence-electron chi connectivity index (χ3n) is 3.09. The molecule has 0 aromatic carbocycles. The fraction of sp³-hybridized carbons (Fsp3) is 0.538. The quantitative estimate of drug-likeness (QED) is 0.658. The van der Waals surface area contributed by atoms with Gasteiger partial charge in [-0.05, 0) is 32.9 Å². The van der Waals surface area contributed by atoms with Gasteiger partial charge in [-0.3, -0.25) is 4.79 Å². The minimum Gasteiger partial charge on any atom is -0.488 e. The maximum atomic E-state index is 11.6. The molecule has 1 aromatic heterocycles. The largest absolute Gasteiger partial charge is 0.488 e. The molecule has 1 heterocycles. The lowest BCUT2D eigenvalue weighted by atomic mass is 10.3. The molecule has 104 valence electrons. The van der Waals surface area contributed by atoms with E-state index in [1.807, 2.05) is 6.92 Å². The van der Waals surface area contributed by atoms with Crippen LogP contribution in [0.2, 0.25) is 0 Å². The second kappa shape index (κ2) is 5.99. The average Bonchev–Trinajstić information content (AvgIpc) is 3.22. The fourth-order valence-electron chi connectivity index (χ4n) is 1.65. The first kappa shape index (κ1) is 13.8. The standard InChI is InChI=1S/C13H20N4O2/c1-8(12(14)15-2)19-10-5-6-16-11(7-10)17-13(18)9-3-4-9/h5-9,12,15H,3-4,14H2,1-2H3,(H,16,17,18)/t8?,12-/m1/s1. The summed E-state index contributed by atoms with van der Waals surface area (Å²) in [4.78, 5) is 15.7. The Kier molecular flexibility index (Phi) is 4.34. The molecule has 1 aromatic rings. The van der Waals surface area contributed by atoms with Crippen LogP contribution in [0.15, 0.2) is 18.3 Å². The van der Waals surface area contributed by atoms with E-state index < -0.39 is 0 Å². The van der Waals surface area contributed by atoms with Gasteiger partial charge >= 0.3 is 0 Å².